The van der Waals surface area contributed by atoms with Crippen LogP contribution in [0.3, 0.4) is 0 Å². The molecule has 0 N–H and O–H groups in total. The molecule has 0 saturated heterocycles. The van der Waals surface area contributed by atoms with Crippen molar-refractivity contribution in [3.63, 3.8) is 0 Å². The third kappa shape index (κ3) is 8.23. The van der Waals surface area contributed by atoms with E-state index in [0.29, 0.717) is 34.3 Å². The van der Waals surface area contributed by atoms with Crippen LogP contribution in [0.1, 0.15) is 27.0 Å². The highest BCUT2D eigenvalue weighted by Gasteiger charge is 2.45. The third-order valence-corrected chi connectivity index (χ3v) is 13.9. The number of ether oxygens (including phenoxy) is 4. The van der Waals surface area contributed by atoms with E-state index in [-0.39, 0.29) is 0 Å². The van der Waals surface area contributed by atoms with Crippen molar-refractivity contribution >= 4 is 29.5 Å². The molecular formula is C48H42O5P+. The fourth-order valence-electron chi connectivity index (χ4n) is 6.77. The summed E-state index contributed by atoms with van der Waals surface area (Å²) in [5.74, 6) is 3.84. The topological polar surface area (TPSA) is 54.0 Å². The predicted octanol–water partition coefficient (Wildman–Crippen LogP) is 10.4. The van der Waals surface area contributed by atoms with E-state index in [9.17, 15) is 4.79 Å². The fraction of sp³-hybridized carbons (Fsp3) is 0.104. The minimum atomic E-state index is -2.02. The summed E-state index contributed by atoms with van der Waals surface area (Å²) in [5, 5.41) is 4.07. The molecule has 7 rings (SSSR count). The highest BCUT2D eigenvalue weighted by atomic mass is 31.2. The number of hydrogen-bond donors (Lipinski definition) is 0. The lowest BCUT2D eigenvalue weighted by molar-refractivity contribution is 0.112. The van der Waals surface area contributed by atoms with E-state index in [0.717, 1.165) is 36.6 Å². The van der Waals surface area contributed by atoms with Crippen LogP contribution in [0.4, 0.5) is 0 Å². The summed E-state index contributed by atoms with van der Waals surface area (Å²) in [6.45, 7) is 0. The van der Waals surface area contributed by atoms with Crippen LogP contribution in [0.15, 0.2) is 176 Å². The minimum absolute atomic E-state index is 0.497. The van der Waals surface area contributed by atoms with E-state index in [1.54, 1.807) is 32.4 Å². The van der Waals surface area contributed by atoms with E-state index in [4.69, 9.17) is 18.9 Å². The van der Waals surface area contributed by atoms with Crippen molar-refractivity contribution in [2.75, 3.05) is 14.2 Å². The van der Waals surface area contributed by atoms with Crippen molar-refractivity contribution in [3.05, 3.63) is 198 Å². The zero-order valence-electron chi connectivity index (χ0n) is 30.4. The predicted molar refractivity (Wildman–Crippen MR) is 221 cm³/mol. The van der Waals surface area contributed by atoms with Gasteiger partial charge in [0.05, 0.1) is 20.4 Å². The molecule has 0 aliphatic rings. The van der Waals surface area contributed by atoms with Gasteiger partial charge < -0.3 is 18.9 Å². The van der Waals surface area contributed by atoms with E-state index in [1.807, 2.05) is 18.2 Å². The van der Waals surface area contributed by atoms with Gasteiger partial charge in [0.2, 0.25) is 0 Å². The van der Waals surface area contributed by atoms with Gasteiger partial charge in [-0.1, -0.05) is 84.9 Å². The summed E-state index contributed by atoms with van der Waals surface area (Å²) in [6, 6.07) is 60.5. The van der Waals surface area contributed by atoms with Gasteiger partial charge in [0, 0.05) is 5.56 Å². The van der Waals surface area contributed by atoms with Gasteiger partial charge >= 0.3 is 0 Å². The maximum atomic E-state index is 11.3. The van der Waals surface area contributed by atoms with Crippen LogP contribution < -0.4 is 34.9 Å². The summed E-state index contributed by atoms with van der Waals surface area (Å²) in [4.78, 5) is 11.3. The van der Waals surface area contributed by atoms with Gasteiger partial charge in [-0.2, -0.15) is 0 Å². The molecule has 7 aromatic rings. The minimum Gasteiger partial charge on any atom is -0.493 e. The van der Waals surface area contributed by atoms with E-state index >= 15 is 0 Å². The van der Waals surface area contributed by atoms with Crippen molar-refractivity contribution in [2.45, 2.75) is 19.0 Å². The molecule has 7 aromatic carbocycles. The number of hydrogen-bond acceptors (Lipinski definition) is 5. The molecule has 0 bridgehead atoms. The standard InChI is InChI=1S/C48H42O5P/c1-50-45-30-24-37(19-18-36-20-26-40(27-21-36)53-48-33-39(34-49)25-31-46(48)51-2)32-47(45)52-41-28-22-38(23-29-41)35-54(42-12-6-3-7-13-42,43-14-8-4-9-15-43)44-16-10-5-11-17-44/h3-17,20-34H,18-19,35H2,1-2H3/q+1. The average Bonchev–Trinajstić information content (AvgIpc) is 3.24. The highest BCUT2D eigenvalue weighted by Crippen LogP contribution is 2.58. The number of rotatable bonds is 15. The number of benzene rings is 7. The molecule has 0 spiro atoms. The van der Waals surface area contributed by atoms with Gasteiger partial charge in [-0.15, -0.1) is 0 Å². The Morgan fingerprint density at radius 1 is 0.444 bits per heavy atom. The highest BCUT2D eigenvalue weighted by molar-refractivity contribution is 7.95. The maximum Gasteiger partial charge on any atom is 0.169 e. The second kappa shape index (κ2) is 17.1. The molecule has 0 atom stereocenters. The van der Waals surface area contributed by atoms with Crippen molar-refractivity contribution < 1.29 is 23.7 Å². The SMILES string of the molecule is COc1ccc(C=O)cc1Oc1ccc(CCc2ccc(OC)c(Oc3ccc(C[P+](c4ccccc4)(c4ccccc4)c4ccccc4)cc3)c2)cc1. The summed E-state index contributed by atoms with van der Waals surface area (Å²) in [7, 11) is 1.22. The quantitative estimate of drug-likeness (QED) is 0.0777. The van der Waals surface area contributed by atoms with Gasteiger partial charge in [-0.05, 0) is 121 Å². The van der Waals surface area contributed by atoms with Crippen LogP contribution in [0, 0.1) is 0 Å². The Bertz CT molecular complexity index is 2180. The first-order valence-corrected chi connectivity index (χ1v) is 19.9. The molecule has 0 aromatic heterocycles. The lowest BCUT2D eigenvalue weighted by Gasteiger charge is -2.28. The molecule has 0 heterocycles. The van der Waals surface area contributed by atoms with Gasteiger partial charge in [0.1, 0.15) is 41.0 Å². The summed E-state index contributed by atoms with van der Waals surface area (Å²) in [6.07, 6.45) is 3.33. The summed E-state index contributed by atoms with van der Waals surface area (Å²) >= 11 is 0. The molecule has 0 aliphatic carbocycles. The smallest absolute Gasteiger partial charge is 0.169 e. The molecule has 6 heteroatoms. The largest absolute Gasteiger partial charge is 0.493 e. The Kier molecular flexibility index (Phi) is 11.5. The third-order valence-electron chi connectivity index (χ3n) is 9.57. The molecule has 268 valence electrons. The summed E-state index contributed by atoms with van der Waals surface area (Å²) in [5.41, 5.74) is 4.08. The maximum absolute atomic E-state index is 11.3. The zero-order valence-corrected chi connectivity index (χ0v) is 31.3. The molecule has 0 aliphatic heterocycles. The van der Waals surface area contributed by atoms with E-state index in [2.05, 4.69) is 140 Å². The average molecular weight is 730 g/mol. The van der Waals surface area contributed by atoms with Crippen molar-refractivity contribution in [3.8, 4) is 34.5 Å². The lowest BCUT2D eigenvalue weighted by Crippen LogP contribution is -2.32. The van der Waals surface area contributed by atoms with Crippen LogP contribution in [-0.4, -0.2) is 20.5 Å². The number of carbonyl (C=O) groups is 1. The Labute approximate surface area is 318 Å². The Balaban J connectivity index is 1.06. The second-order valence-electron chi connectivity index (χ2n) is 13.0. The first-order chi connectivity index (χ1) is 26.6. The second-order valence-corrected chi connectivity index (χ2v) is 16.5. The zero-order chi connectivity index (χ0) is 37.2. The van der Waals surface area contributed by atoms with Gasteiger partial charge in [-0.25, -0.2) is 0 Å². The first-order valence-electron chi connectivity index (χ1n) is 18.0. The van der Waals surface area contributed by atoms with Crippen LogP contribution in [0.2, 0.25) is 0 Å². The van der Waals surface area contributed by atoms with Crippen molar-refractivity contribution in [2.24, 2.45) is 0 Å². The molecule has 0 amide bonds. The van der Waals surface area contributed by atoms with E-state index < -0.39 is 7.26 Å². The number of aldehydes is 1. The Morgan fingerprint density at radius 2 is 0.870 bits per heavy atom. The van der Waals surface area contributed by atoms with E-state index in [1.165, 1.54) is 27.0 Å². The number of aryl methyl sites for hydroxylation is 2. The first kappa shape index (κ1) is 36.2. The van der Waals surface area contributed by atoms with Gasteiger partial charge in [0.15, 0.2) is 23.0 Å². The normalized spacial score (nSPS) is 11.1. The Morgan fingerprint density at radius 3 is 1.35 bits per heavy atom. The fourth-order valence-corrected chi connectivity index (χ4v) is 11.0. The molecule has 5 nitrogen and oxygen atoms in total. The monoisotopic (exact) mass is 729 g/mol. The summed E-state index contributed by atoms with van der Waals surface area (Å²) < 4.78 is 23.6. The molecule has 0 radical (unpaired) electrons. The van der Waals surface area contributed by atoms with Crippen molar-refractivity contribution in [1.82, 2.24) is 0 Å². The Hall–Kier alpha value is -6.16. The van der Waals surface area contributed by atoms with Crippen LogP contribution in [-0.2, 0) is 19.0 Å². The molecule has 0 unspecified atom stereocenters. The van der Waals surface area contributed by atoms with Crippen molar-refractivity contribution in [1.29, 1.82) is 0 Å². The van der Waals surface area contributed by atoms with Crippen LogP contribution in [0.25, 0.3) is 0 Å². The lowest BCUT2D eigenvalue weighted by atomic mass is 10.0. The van der Waals surface area contributed by atoms with Gasteiger partial charge in [0.25, 0.3) is 0 Å². The molecule has 0 fully saturated rings. The van der Waals surface area contributed by atoms with Crippen LogP contribution >= 0.6 is 7.26 Å². The van der Waals surface area contributed by atoms with Crippen LogP contribution in [0.5, 0.6) is 34.5 Å². The number of carbonyl (C=O) groups excluding carboxylic acids is 1. The molecule has 54 heavy (non-hydrogen) atoms. The number of methoxy groups -OCH3 is 2. The van der Waals surface area contributed by atoms with Gasteiger partial charge in [-0.3, -0.25) is 4.79 Å². The molecular weight excluding hydrogens is 687 g/mol. The molecule has 0 saturated carbocycles.